The van der Waals surface area contributed by atoms with Crippen LogP contribution in [0.3, 0.4) is 0 Å². The number of hydrogen-bond acceptors (Lipinski definition) is 7. The maximum Gasteiger partial charge on any atom is 0.335 e. The van der Waals surface area contributed by atoms with Gasteiger partial charge in [-0.25, -0.2) is 14.2 Å². The average Bonchev–Trinajstić information content (AvgIpc) is 3.55. The fraction of sp³-hybridized carbons (Fsp3) is 0.412. The molecule has 2 atom stereocenters. The monoisotopic (exact) mass is 640 g/mol. The maximum atomic E-state index is 14.9. The number of nitrogens with zero attached hydrogens (tertiary/aromatic N) is 3. The molecule has 3 aromatic carbocycles. The van der Waals surface area contributed by atoms with Gasteiger partial charge in [-0.3, -0.25) is 4.90 Å². The molecular weight excluding hydrogens is 601 g/mol. The van der Waals surface area contributed by atoms with E-state index in [2.05, 4.69) is 4.90 Å². The molecule has 11 heteroatoms. The van der Waals surface area contributed by atoms with Gasteiger partial charge in [-0.15, -0.1) is 0 Å². The summed E-state index contributed by atoms with van der Waals surface area (Å²) in [6.07, 6.45) is 2.24. The first-order valence-electron chi connectivity index (χ1n) is 17.4. The lowest BCUT2D eigenvalue weighted by Crippen LogP contribution is -2.35. The lowest BCUT2D eigenvalue weighted by molar-refractivity contribution is -0.0712. The molecule has 2 saturated heterocycles. The van der Waals surface area contributed by atoms with Crippen LogP contribution in [0.25, 0.3) is 11.0 Å². The van der Waals surface area contributed by atoms with Crippen molar-refractivity contribution in [1.82, 2.24) is 14.5 Å². The van der Waals surface area contributed by atoms with Gasteiger partial charge in [0.25, 0.3) is 5.79 Å². The van der Waals surface area contributed by atoms with Crippen molar-refractivity contribution >= 4 is 28.6 Å². The molecule has 1 aromatic heterocycles. The van der Waals surface area contributed by atoms with Crippen molar-refractivity contribution in [2.75, 3.05) is 26.3 Å². The topological polar surface area (TPSA) is 95.3 Å². The number of hydrogen-bond donors (Lipinski definition) is 1. The van der Waals surface area contributed by atoms with E-state index >= 15 is 0 Å². The lowest BCUT2D eigenvalue weighted by atomic mass is 9.88. The van der Waals surface area contributed by atoms with E-state index in [0.717, 1.165) is 30.9 Å². The van der Waals surface area contributed by atoms with Crippen molar-refractivity contribution in [2.45, 2.75) is 63.9 Å². The number of likely N-dealkylation sites (tertiary alicyclic amines) is 1. The van der Waals surface area contributed by atoms with Crippen LogP contribution in [0, 0.1) is 5.82 Å². The minimum absolute atomic E-state index is 0.113. The van der Waals surface area contributed by atoms with Crippen molar-refractivity contribution in [3.63, 3.8) is 0 Å². The Bertz CT molecular complexity index is 1960. The molecule has 4 heterocycles. The van der Waals surface area contributed by atoms with Crippen LogP contribution in [0.1, 0.15) is 73.1 Å². The van der Waals surface area contributed by atoms with Crippen molar-refractivity contribution in [3.8, 4) is 17.2 Å². The van der Waals surface area contributed by atoms with E-state index in [1.165, 1.54) is 12.1 Å². The van der Waals surface area contributed by atoms with Crippen LogP contribution in [0.5, 0.6) is 17.2 Å². The number of fused-ring (bicyclic) bond motifs is 2. The Labute approximate surface area is 272 Å². The van der Waals surface area contributed by atoms with Gasteiger partial charge in [0.1, 0.15) is 22.9 Å². The fourth-order valence-electron chi connectivity index (χ4n) is 6.49. The van der Waals surface area contributed by atoms with Gasteiger partial charge in [0.15, 0.2) is 11.5 Å². The molecule has 0 spiro atoms. The Kier molecular flexibility index (Phi) is 6.40. The minimum Gasteiger partial charge on any atom is -0.492 e. The van der Waals surface area contributed by atoms with E-state index in [-0.39, 0.29) is 39.4 Å². The predicted octanol–water partition coefficient (Wildman–Crippen LogP) is 6.74. The third-order valence-electron chi connectivity index (χ3n) is 8.91. The molecule has 1 unspecified atom stereocenters. The molecule has 236 valence electrons. The van der Waals surface area contributed by atoms with Gasteiger partial charge < -0.3 is 28.6 Å². The predicted molar refractivity (Wildman–Crippen MR) is 166 cm³/mol. The van der Waals surface area contributed by atoms with Crippen LogP contribution in [0.4, 0.5) is 4.39 Å². The van der Waals surface area contributed by atoms with Crippen LogP contribution in [-0.2, 0) is 23.6 Å². The summed E-state index contributed by atoms with van der Waals surface area (Å²) in [6, 6.07) is 12.7. The Morgan fingerprint density at radius 1 is 1.22 bits per heavy atom. The molecule has 45 heavy (non-hydrogen) atoms. The van der Waals surface area contributed by atoms with E-state index in [0.29, 0.717) is 55.6 Å². The van der Waals surface area contributed by atoms with Crippen LogP contribution < -0.4 is 14.2 Å². The second-order valence-electron chi connectivity index (χ2n) is 11.8. The number of carboxylic acid groups (broad SMARTS) is 1. The van der Waals surface area contributed by atoms with Gasteiger partial charge in [-0.2, -0.15) is 0 Å². The highest BCUT2D eigenvalue weighted by molar-refractivity contribution is 6.30. The summed E-state index contributed by atoms with van der Waals surface area (Å²) in [6.45, 7) is -1.78. The molecule has 9 nitrogen and oxygen atoms in total. The van der Waals surface area contributed by atoms with Crippen LogP contribution in [0.15, 0.2) is 48.5 Å². The summed E-state index contributed by atoms with van der Waals surface area (Å²) in [4.78, 5) is 19.1. The van der Waals surface area contributed by atoms with Crippen molar-refractivity contribution in [3.05, 3.63) is 81.9 Å². The highest BCUT2D eigenvalue weighted by atomic mass is 35.5. The number of piperidine rings is 1. The number of carboxylic acids is 1. The number of aromatic carboxylic acids is 1. The molecule has 2 fully saturated rings. The zero-order valence-corrected chi connectivity index (χ0v) is 25.3. The van der Waals surface area contributed by atoms with E-state index < -0.39 is 31.0 Å². The summed E-state index contributed by atoms with van der Waals surface area (Å²) in [5.74, 6) is -1.57. The smallest absolute Gasteiger partial charge is 0.335 e. The molecule has 3 aliphatic heterocycles. The summed E-state index contributed by atoms with van der Waals surface area (Å²) < 4.78 is 79.2. The number of benzene rings is 3. The zero-order valence-electron chi connectivity index (χ0n) is 29.5. The third kappa shape index (κ3) is 5.60. The highest BCUT2D eigenvalue weighted by Crippen LogP contribution is 2.50. The number of ether oxygens (including phenoxy) is 4. The number of rotatable bonds is 9. The van der Waals surface area contributed by atoms with Gasteiger partial charge in [0.05, 0.1) is 45.1 Å². The van der Waals surface area contributed by atoms with Gasteiger partial charge in [0.2, 0.25) is 0 Å². The first-order chi connectivity index (χ1) is 23.6. The molecule has 0 amide bonds. The largest absolute Gasteiger partial charge is 0.492 e. The summed E-state index contributed by atoms with van der Waals surface area (Å²) >= 11 is 5.97. The molecule has 4 aromatic rings. The Balaban J connectivity index is 1.13. The maximum absolute atomic E-state index is 14.9. The van der Waals surface area contributed by atoms with E-state index in [4.69, 9.17) is 42.4 Å². The first kappa shape index (κ1) is 24.4. The number of imidazole rings is 1. The molecule has 0 radical (unpaired) electrons. The van der Waals surface area contributed by atoms with Gasteiger partial charge in [-0.1, -0.05) is 23.7 Å². The number of carbonyl (C=O) groups is 1. The first-order valence-corrected chi connectivity index (χ1v) is 15.3. The van der Waals surface area contributed by atoms with Gasteiger partial charge >= 0.3 is 5.97 Å². The quantitative estimate of drug-likeness (QED) is 0.215. The third-order valence-corrected chi connectivity index (χ3v) is 9.14. The van der Waals surface area contributed by atoms with Crippen molar-refractivity contribution in [1.29, 1.82) is 0 Å². The van der Waals surface area contributed by atoms with Gasteiger partial charge in [0, 0.05) is 28.2 Å². The van der Waals surface area contributed by atoms with Crippen molar-refractivity contribution < 1.29 is 40.1 Å². The molecule has 1 N–H and O–H groups in total. The Morgan fingerprint density at radius 3 is 2.76 bits per heavy atom. The molecular formula is C34H35ClFN3O6. The van der Waals surface area contributed by atoms with Crippen LogP contribution in [-0.4, -0.2) is 57.9 Å². The lowest BCUT2D eigenvalue weighted by Gasteiger charge is -2.33. The van der Waals surface area contributed by atoms with E-state index in [1.54, 1.807) is 25.1 Å². The standard InChI is InChI=1S/C34H35ClFN3O6/c1-3-42-29-16-21(33(40)41)15-27-31(29)37-30(39(27)18-23-11-14-43-23)19-38-12-9-20(10-13-38)24-5-4-6-28-32(24)45-34(2,44-28)25-8-7-22(35)17-26(25)36/h4-8,15-17,20,23H,3,9-14,18-19H2,1-2H3,(H,40,41)/t23-,34?/m0/s1/i1D3,3D2. The molecule has 3 aliphatic rings. The van der Waals surface area contributed by atoms with Crippen LogP contribution in [0.2, 0.25) is 5.02 Å². The molecule has 0 saturated carbocycles. The van der Waals surface area contributed by atoms with Crippen LogP contribution >= 0.6 is 11.6 Å². The number of para-hydroxylation sites is 1. The molecule has 7 rings (SSSR count). The Hall–Kier alpha value is -3.86. The van der Waals surface area contributed by atoms with Crippen molar-refractivity contribution in [2.24, 2.45) is 0 Å². The Morgan fingerprint density at radius 2 is 2.04 bits per heavy atom. The summed E-state index contributed by atoms with van der Waals surface area (Å²) in [7, 11) is 0. The average molecular weight is 641 g/mol. The minimum atomic E-state index is -3.13. The SMILES string of the molecule is [2H]C([2H])([2H])C([2H])([2H])Oc1cc(C(=O)O)cc2c1nc(CN1CCC(c3cccc4c3OC(C)(c3ccc(Cl)cc3F)O4)CC1)n2C[C@@H]1CCO1. The molecule has 0 aliphatic carbocycles. The second-order valence-corrected chi connectivity index (χ2v) is 12.2. The normalized spacial score (nSPS) is 23.9. The summed E-state index contributed by atoms with van der Waals surface area (Å²) in [5.41, 5.74) is 1.59. The summed E-state index contributed by atoms with van der Waals surface area (Å²) in [5, 5.41) is 10.1. The van der Waals surface area contributed by atoms with E-state index in [1.807, 2.05) is 16.7 Å². The zero-order chi connectivity index (χ0) is 35.6. The van der Waals surface area contributed by atoms with E-state index in [9.17, 15) is 14.3 Å². The number of halogens is 2. The fourth-order valence-corrected chi connectivity index (χ4v) is 6.65. The second kappa shape index (κ2) is 11.8. The highest BCUT2D eigenvalue weighted by Gasteiger charge is 2.43. The van der Waals surface area contributed by atoms with Gasteiger partial charge in [-0.05, 0) is 81.5 Å². The number of aromatic nitrogens is 2. The molecule has 0 bridgehead atoms.